The number of benzene rings is 1. The Morgan fingerprint density at radius 2 is 2.00 bits per heavy atom. The lowest BCUT2D eigenvalue weighted by Crippen LogP contribution is -2.06. The topological polar surface area (TPSA) is 45.8 Å². The summed E-state index contributed by atoms with van der Waals surface area (Å²) in [6, 6.07) is 8.99. The molecule has 0 aliphatic heterocycles. The minimum Gasteiger partial charge on any atom is -0.313 e. The zero-order valence-corrected chi connectivity index (χ0v) is 8.66. The Morgan fingerprint density at radius 1 is 1.27 bits per heavy atom. The molecule has 0 saturated carbocycles. The molecule has 2 aromatic rings. The molecule has 0 amide bonds. The summed E-state index contributed by atoms with van der Waals surface area (Å²) in [6.45, 7) is 0. The van der Waals surface area contributed by atoms with E-state index in [1.807, 2.05) is 24.3 Å². The van der Waals surface area contributed by atoms with Gasteiger partial charge in [-0.2, -0.15) is 0 Å². The minimum absolute atomic E-state index is 0.131. The van der Waals surface area contributed by atoms with Crippen molar-refractivity contribution < 1.29 is 0 Å². The van der Waals surface area contributed by atoms with E-state index in [-0.39, 0.29) is 5.56 Å². The SMILES string of the molecule is O=c1cc(Cc2ccc(Cl)cc2)nc[nH]1. The molecular weight excluding hydrogens is 212 g/mol. The average molecular weight is 221 g/mol. The van der Waals surface area contributed by atoms with Crippen LogP contribution in [0.2, 0.25) is 5.02 Å². The molecule has 15 heavy (non-hydrogen) atoms. The Bertz CT molecular complexity index is 504. The summed E-state index contributed by atoms with van der Waals surface area (Å²) in [7, 11) is 0. The number of H-pyrrole nitrogens is 1. The summed E-state index contributed by atoms with van der Waals surface area (Å²) < 4.78 is 0. The highest BCUT2D eigenvalue weighted by Crippen LogP contribution is 2.11. The van der Waals surface area contributed by atoms with Crippen LogP contribution in [0.5, 0.6) is 0 Å². The van der Waals surface area contributed by atoms with Crippen molar-refractivity contribution in [2.45, 2.75) is 6.42 Å². The number of rotatable bonds is 2. The molecule has 4 heteroatoms. The Hall–Kier alpha value is -1.61. The van der Waals surface area contributed by atoms with Gasteiger partial charge in [0.25, 0.3) is 5.56 Å². The van der Waals surface area contributed by atoms with E-state index in [4.69, 9.17) is 11.6 Å². The molecule has 0 atom stereocenters. The summed E-state index contributed by atoms with van der Waals surface area (Å²) in [5, 5.41) is 0.706. The molecule has 0 spiro atoms. The van der Waals surface area contributed by atoms with Gasteiger partial charge in [-0.1, -0.05) is 23.7 Å². The van der Waals surface area contributed by atoms with Crippen molar-refractivity contribution in [3.63, 3.8) is 0 Å². The van der Waals surface area contributed by atoms with Gasteiger partial charge in [-0.15, -0.1) is 0 Å². The molecule has 0 unspecified atom stereocenters. The van der Waals surface area contributed by atoms with E-state index in [1.165, 1.54) is 12.4 Å². The van der Waals surface area contributed by atoms with Gasteiger partial charge in [0.15, 0.2) is 0 Å². The summed E-state index contributed by atoms with van der Waals surface area (Å²) in [5.41, 5.74) is 1.70. The first-order valence-electron chi connectivity index (χ1n) is 4.52. The van der Waals surface area contributed by atoms with Crippen LogP contribution in [0.25, 0.3) is 0 Å². The van der Waals surface area contributed by atoms with Crippen molar-refractivity contribution >= 4 is 11.6 Å². The highest BCUT2D eigenvalue weighted by atomic mass is 35.5. The zero-order valence-electron chi connectivity index (χ0n) is 7.90. The standard InChI is InChI=1S/C11H9ClN2O/c12-9-3-1-8(2-4-9)5-10-6-11(15)14-7-13-10/h1-4,6-7H,5H2,(H,13,14,15). The van der Waals surface area contributed by atoms with Crippen LogP contribution in [-0.4, -0.2) is 9.97 Å². The number of aromatic nitrogens is 2. The van der Waals surface area contributed by atoms with Crippen LogP contribution in [0.3, 0.4) is 0 Å². The van der Waals surface area contributed by atoms with Gasteiger partial charge in [-0.25, -0.2) is 4.98 Å². The monoisotopic (exact) mass is 220 g/mol. The fraction of sp³-hybridized carbons (Fsp3) is 0.0909. The molecule has 0 bridgehead atoms. The van der Waals surface area contributed by atoms with E-state index in [1.54, 1.807) is 0 Å². The number of halogens is 1. The van der Waals surface area contributed by atoms with Gasteiger partial charge in [0.05, 0.1) is 12.0 Å². The van der Waals surface area contributed by atoms with Gasteiger partial charge in [0, 0.05) is 17.5 Å². The quantitative estimate of drug-likeness (QED) is 0.842. The first kappa shape index (κ1) is 9.93. The van der Waals surface area contributed by atoms with E-state index in [2.05, 4.69) is 9.97 Å². The van der Waals surface area contributed by atoms with Crippen molar-refractivity contribution in [2.75, 3.05) is 0 Å². The highest BCUT2D eigenvalue weighted by molar-refractivity contribution is 6.30. The Labute approximate surface area is 91.8 Å². The van der Waals surface area contributed by atoms with Crippen LogP contribution in [0.15, 0.2) is 41.5 Å². The lowest BCUT2D eigenvalue weighted by atomic mass is 10.1. The first-order chi connectivity index (χ1) is 7.24. The van der Waals surface area contributed by atoms with Crippen LogP contribution < -0.4 is 5.56 Å². The number of hydrogen-bond acceptors (Lipinski definition) is 2. The Kier molecular flexibility index (Phi) is 2.83. The van der Waals surface area contributed by atoms with E-state index >= 15 is 0 Å². The van der Waals surface area contributed by atoms with Crippen LogP contribution in [0.1, 0.15) is 11.3 Å². The zero-order chi connectivity index (χ0) is 10.7. The van der Waals surface area contributed by atoms with Crippen molar-refractivity contribution in [3.05, 3.63) is 63.3 Å². The van der Waals surface area contributed by atoms with E-state index < -0.39 is 0 Å². The van der Waals surface area contributed by atoms with Crippen LogP contribution in [0.4, 0.5) is 0 Å². The maximum Gasteiger partial charge on any atom is 0.250 e. The number of nitrogens with zero attached hydrogens (tertiary/aromatic N) is 1. The Morgan fingerprint density at radius 3 is 2.67 bits per heavy atom. The summed E-state index contributed by atoms with van der Waals surface area (Å²) in [6.07, 6.45) is 2.05. The molecule has 0 aliphatic rings. The molecule has 0 radical (unpaired) electrons. The molecule has 1 aromatic carbocycles. The van der Waals surface area contributed by atoms with Crippen molar-refractivity contribution in [3.8, 4) is 0 Å². The first-order valence-corrected chi connectivity index (χ1v) is 4.90. The number of aromatic amines is 1. The number of hydrogen-bond donors (Lipinski definition) is 1. The van der Waals surface area contributed by atoms with E-state index in [0.29, 0.717) is 11.4 Å². The maximum atomic E-state index is 11.0. The fourth-order valence-corrected chi connectivity index (χ4v) is 1.44. The summed E-state index contributed by atoms with van der Waals surface area (Å²) >= 11 is 5.77. The molecule has 1 heterocycles. The third kappa shape index (κ3) is 2.67. The summed E-state index contributed by atoms with van der Waals surface area (Å²) in [5.74, 6) is 0. The molecule has 1 aromatic heterocycles. The van der Waals surface area contributed by atoms with Gasteiger partial charge in [0.2, 0.25) is 0 Å². The van der Waals surface area contributed by atoms with Crippen LogP contribution in [-0.2, 0) is 6.42 Å². The molecule has 0 aliphatic carbocycles. The Balaban J connectivity index is 2.22. The van der Waals surface area contributed by atoms with Crippen LogP contribution >= 0.6 is 11.6 Å². The van der Waals surface area contributed by atoms with Gasteiger partial charge in [0.1, 0.15) is 0 Å². The second kappa shape index (κ2) is 4.28. The average Bonchev–Trinajstić information content (AvgIpc) is 2.22. The van der Waals surface area contributed by atoms with Gasteiger partial charge in [-0.3, -0.25) is 4.79 Å². The molecule has 76 valence electrons. The molecule has 1 N–H and O–H groups in total. The minimum atomic E-state index is -0.131. The van der Waals surface area contributed by atoms with Gasteiger partial charge < -0.3 is 4.98 Å². The largest absolute Gasteiger partial charge is 0.313 e. The molecule has 0 fully saturated rings. The molecule has 0 saturated heterocycles. The third-order valence-corrected chi connectivity index (χ3v) is 2.29. The van der Waals surface area contributed by atoms with Gasteiger partial charge in [-0.05, 0) is 17.7 Å². The second-order valence-electron chi connectivity index (χ2n) is 3.21. The van der Waals surface area contributed by atoms with Crippen molar-refractivity contribution in [2.24, 2.45) is 0 Å². The smallest absolute Gasteiger partial charge is 0.250 e. The lowest BCUT2D eigenvalue weighted by molar-refractivity contribution is 1.00. The highest BCUT2D eigenvalue weighted by Gasteiger charge is 1.98. The van der Waals surface area contributed by atoms with Crippen LogP contribution in [0, 0.1) is 0 Å². The molecular formula is C11H9ClN2O. The van der Waals surface area contributed by atoms with Crippen molar-refractivity contribution in [1.29, 1.82) is 0 Å². The second-order valence-corrected chi connectivity index (χ2v) is 3.64. The number of nitrogens with one attached hydrogen (secondary N) is 1. The fourth-order valence-electron chi connectivity index (χ4n) is 1.32. The normalized spacial score (nSPS) is 10.2. The summed E-state index contributed by atoms with van der Waals surface area (Å²) in [4.78, 5) is 17.6. The lowest BCUT2D eigenvalue weighted by Gasteiger charge is -2.00. The third-order valence-electron chi connectivity index (χ3n) is 2.03. The predicted octanol–water partition coefficient (Wildman–Crippen LogP) is 2.01. The maximum absolute atomic E-state index is 11.0. The molecule has 3 nitrogen and oxygen atoms in total. The molecule has 2 rings (SSSR count). The van der Waals surface area contributed by atoms with Crippen molar-refractivity contribution in [1.82, 2.24) is 9.97 Å². The van der Waals surface area contributed by atoms with Gasteiger partial charge >= 0.3 is 0 Å². The van der Waals surface area contributed by atoms with E-state index in [0.717, 1.165) is 11.3 Å². The predicted molar refractivity (Wildman–Crippen MR) is 59.1 cm³/mol. The van der Waals surface area contributed by atoms with E-state index in [9.17, 15) is 4.79 Å².